The highest BCUT2D eigenvalue weighted by Crippen LogP contribution is 2.30. The van der Waals surface area contributed by atoms with Gasteiger partial charge < -0.3 is 15.0 Å². The molecule has 3 aromatic rings. The highest BCUT2D eigenvalue weighted by molar-refractivity contribution is 6.18. The van der Waals surface area contributed by atoms with Crippen molar-refractivity contribution in [3.63, 3.8) is 0 Å². The van der Waals surface area contributed by atoms with Gasteiger partial charge in [-0.3, -0.25) is 0 Å². The maximum absolute atomic E-state index is 7.90. The molecule has 0 unspecified atom stereocenters. The van der Waals surface area contributed by atoms with Gasteiger partial charge in [-0.15, -0.1) is 0 Å². The second-order valence-electron chi connectivity index (χ2n) is 8.24. The highest BCUT2D eigenvalue weighted by Gasteiger charge is 2.13. The van der Waals surface area contributed by atoms with E-state index in [0.717, 1.165) is 32.9 Å². The number of fused-ring (bicyclic) bond motifs is 1. The number of benzene rings is 3. The normalized spacial score (nSPS) is 13.4. The van der Waals surface area contributed by atoms with Crippen molar-refractivity contribution in [2.75, 3.05) is 26.1 Å². The third-order valence-corrected chi connectivity index (χ3v) is 5.75. The summed E-state index contributed by atoms with van der Waals surface area (Å²) in [6.45, 7) is 4.19. The minimum Gasteiger partial charge on any atom is -0.496 e. The lowest BCUT2D eigenvalue weighted by molar-refractivity contribution is 0.408. The summed E-state index contributed by atoms with van der Waals surface area (Å²) in [7, 11) is 5.84. The van der Waals surface area contributed by atoms with E-state index in [1.807, 2.05) is 18.2 Å². The first-order valence-electron chi connectivity index (χ1n) is 10.4. The van der Waals surface area contributed by atoms with Gasteiger partial charge in [-0.1, -0.05) is 30.3 Å². The number of aryl methyl sites for hydroxylation is 2. The van der Waals surface area contributed by atoms with Crippen molar-refractivity contribution in [3.8, 4) is 5.75 Å². The predicted octanol–water partition coefficient (Wildman–Crippen LogP) is 4.45. The van der Waals surface area contributed by atoms with Crippen LogP contribution in [0.4, 0.5) is 5.69 Å². The molecule has 0 heterocycles. The molecule has 1 aliphatic carbocycles. The van der Waals surface area contributed by atoms with Gasteiger partial charge in [0, 0.05) is 19.8 Å². The minimum absolute atomic E-state index is 0.533. The number of allylic oxidation sites excluding steroid dienone is 1. The second kappa shape index (κ2) is 8.27. The molecule has 0 radical (unpaired) electrons. The van der Waals surface area contributed by atoms with E-state index in [1.165, 1.54) is 22.4 Å². The molecule has 0 aliphatic heterocycles. The van der Waals surface area contributed by atoms with Crippen molar-refractivity contribution in [1.82, 2.24) is 0 Å². The van der Waals surface area contributed by atoms with Gasteiger partial charge in [0.2, 0.25) is 0 Å². The number of methoxy groups -OCH3 is 1. The Labute approximate surface area is 184 Å². The predicted molar refractivity (Wildman–Crippen MR) is 132 cm³/mol. The number of anilines is 1. The summed E-state index contributed by atoms with van der Waals surface area (Å²) in [5.41, 5.74) is 8.63. The Morgan fingerprint density at radius 3 is 2.13 bits per heavy atom. The van der Waals surface area contributed by atoms with E-state index in [4.69, 9.17) is 10.1 Å². The van der Waals surface area contributed by atoms with Gasteiger partial charge in [-0.25, -0.2) is 0 Å². The largest absolute Gasteiger partial charge is 0.496 e. The van der Waals surface area contributed by atoms with Crippen LogP contribution in [0.1, 0.15) is 27.8 Å². The molecule has 1 N–H and O–H groups in total. The van der Waals surface area contributed by atoms with Crippen LogP contribution < -0.4 is 20.1 Å². The first-order valence-corrected chi connectivity index (χ1v) is 10.4. The monoisotopic (exact) mass is 408 g/mol. The van der Waals surface area contributed by atoms with Crippen molar-refractivity contribution < 1.29 is 4.74 Å². The van der Waals surface area contributed by atoms with Crippen molar-refractivity contribution in [1.29, 1.82) is 5.41 Å². The molecule has 0 saturated heterocycles. The average Bonchev–Trinajstić information content (AvgIpc) is 2.74. The smallest absolute Gasteiger partial charge is 0.124 e. The van der Waals surface area contributed by atoms with E-state index in [0.29, 0.717) is 5.71 Å². The average molecular weight is 409 g/mol. The SMILES string of the molecule is COc1c(C)cc(/C(c2ccc(N(C)C)cc2)=c2\ccc3c(c2)C=CC(=N)C=3)cc1C. The number of nitrogens with zero attached hydrogens (tertiary/aromatic N) is 1. The Morgan fingerprint density at radius 1 is 0.839 bits per heavy atom. The van der Waals surface area contributed by atoms with Gasteiger partial charge in [0.1, 0.15) is 5.75 Å². The van der Waals surface area contributed by atoms with Crippen molar-refractivity contribution >= 4 is 29.1 Å². The standard InChI is InChI=1S/C28H28N2O/c1-18-14-24(15-19(2)28(18)31-5)27(20-9-12-26(13-10-20)30(3)4)23-7-6-22-17-25(29)11-8-21(22)16-23/h6-17,29H,1-5H3/b27-23+,29-25?. The molecular weight excluding hydrogens is 380 g/mol. The van der Waals surface area contributed by atoms with Gasteiger partial charge in [0.05, 0.1) is 12.8 Å². The van der Waals surface area contributed by atoms with Crippen LogP contribution in [0.5, 0.6) is 5.75 Å². The Balaban J connectivity index is 2.01. The van der Waals surface area contributed by atoms with Crippen LogP contribution in [-0.4, -0.2) is 26.9 Å². The minimum atomic E-state index is 0.533. The zero-order valence-corrected chi connectivity index (χ0v) is 18.8. The molecule has 1 aliphatic rings. The van der Waals surface area contributed by atoms with E-state index in [1.54, 1.807) is 7.11 Å². The van der Waals surface area contributed by atoms with Crippen LogP contribution in [0.2, 0.25) is 0 Å². The molecule has 3 aromatic carbocycles. The van der Waals surface area contributed by atoms with Crippen LogP contribution in [0, 0.1) is 19.3 Å². The van der Waals surface area contributed by atoms with Crippen LogP contribution in [0.15, 0.2) is 60.7 Å². The van der Waals surface area contributed by atoms with Crippen molar-refractivity contribution in [2.24, 2.45) is 0 Å². The molecule has 0 amide bonds. The van der Waals surface area contributed by atoms with Crippen LogP contribution in [0.25, 0.3) is 17.7 Å². The molecule has 0 aromatic heterocycles. The molecule has 0 atom stereocenters. The number of nitrogens with one attached hydrogen (secondary N) is 1. The Bertz CT molecular complexity index is 1290. The zero-order valence-electron chi connectivity index (χ0n) is 18.8. The summed E-state index contributed by atoms with van der Waals surface area (Å²) in [6.07, 6.45) is 5.78. The molecule has 0 saturated carbocycles. The number of hydrogen-bond acceptors (Lipinski definition) is 3. The summed E-state index contributed by atoms with van der Waals surface area (Å²) < 4.78 is 5.60. The lowest BCUT2D eigenvalue weighted by atomic mass is 9.91. The van der Waals surface area contributed by atoms with Gasteiger partial charge in [0.25, 0.3) is 0 Å². The highest BCUT2D eigenvalue weighted by atomic mass is 16.5. The van der Waals surface area contributed by atoms with Gasteiger partial charge in [-0.05, 0) is 100 Å². The van der Waals surface area contributed by atoms with Gasteiger partial charge >= 0.3 is 0 Å². The fourth-order valence-electron chi connectivity index (χ4n) is 4.24. The van der Waals surface area contributed by atoms with E-state index in [2.05, 4.69) is 87.4 Å². The first kappa shape index (κ1) is 20.7. The van der Waals surface area contributed by atoms with Crippen molar-refractivity contribution in [3.05, 3.63) is 98.9 Å². The fraction of sp³-hybridized carbons (Fsp3) is 0.179. The summed E-state index contributed by atoms with van der Waals surface area (Å²) >= 11 is 0. The summed E-state index contributed by atoms with van der Waals surface area (Å²) in [4.78, 5) is 2.11. The fourth-order valence-corrected chi connectivity index (χ4v) is 4.24. The Hall–Kier alpha value is -3.59. The third kappa shape index (κ3) is 4.04. The summed E-state index contributed by atoms with van der Waals surface area (Å²) in [5.74, 6) is 0.938. The molecule has 3 heteroatoms. The zero-order chi connectivity index (χ0) is 22.1. The Kier molecular flexibility index (Phi) is 5.51. The van der Waals surface area contributed by atoms with E-state index in [9.17, 15) is 0 Å². The molecule has 156 valence electrons. The quantitative estimate of drug-likeness (QED) is 0.692. The summed E-state index contributed by atoms with van der Waals surface area (Å²) in [6, 6.07) is 19.6. The molecule has 31 heavy (non-hydrogen) atoms. The van der Waals surface area contributed by atoms with Crippen LogP contribution in [-0.2, 0) is 0 Å². The van der Waals surface area contributed by atoms with E-state index >= 15 is 0 Å². The lowest BCUT2D eigenvalue weighted by Gasteiger charge is -2.17. The summed E-state index contributed by atoms with van der Waals surface area (Å²) in [5, 5.41) is 10.1. The topological polar surface area (TPSA) is 36.3 Å². The maximum atomic E-state index is 7.90. The number of ether oxygens (including phenoxy) is 1. The van der Waals surface area contributed by atoms with Crippen molar-refractivity contribution in [2.45, 2.75) is 13.8 Å². The van der Waals surface area contributed by atoms with Gasteiger partial charge in [0.15, 0.2) is 0 Å². The number of hydrogen-bond donors (Lipinski definition) is 1. The van der Waals surface area contributed by atoms with E-state index < -0.39 is 0 Å². The second-order valence-corrected chi connectivity index (χ2v) is 8.24. The molecule has 4 rings (SSSR count). The molecule has 3 nitrogen and oxygen atoms in total. The molecule has 0 spiro atoms. The third-order valence-electron chi connectivity index (χ3n) is 5.75. The van der Waals surface area contributed by atoms with Gasteiger partial charge in [-0.2, -0.15) is 0 Å². The lowest BCUT2D eigenvalue weighted by Crippen LogP contribution is -2.18. The van der Waals surface area contributed by atoms with E-state index in [-0.39, 0.29) is 0 Å². The van der Waals surface area contributed by atoms with Crippen LogP contribution >= 0.6 is 0 Å². The first-order chi connectivity index (χ1) is 14.9. The maximum Gasteiger partial charge on any atom is 0.124 e. The molecule has 0 fully saturated rings. The Morgan fingerprint density at radius 2 is 1.52 bits per heavy atom. The number of rotatable bonds is 4. The molecular formula is C28H28N2O. The van der Waals surface area contributed by atoms with Crippen LogP contribution in [0.3, 0.4) is 0 Å². The molecule has 0 bridgehead atoms.